The number of aromatic nitrogens is 3. The van der Waals surface area contributed by atoms with Gasteiger partial charge in [0.05, 0.1) is 20.7 Å². The van der Waals surface area contributed by atoms with Crippen LogP contribution in [0.2, 0.25) is 9.36 Å². The molecule has 2 aromatic heterocycles. The lowest BCUT2D eigenvalue weighted by Gasteiger charge is -2.10. The van der Waals surface area contributed by atoms with Crippen LogP contribution < -0.4 is 5.32 Å². The first-order valence-corrected chi connectivity index (χ1v) is 10.9. The van der Waals surface area contributed by atoms with Crippen LogP contribution in [0, 0.1) is 0 Å². The molecule has 0 saturated heterocycles. The number of carbonyl (C=O) groups is 2. The maximum absolute atomic E-state index is 12.4. The van der Waals surface area contributed by atoms with E-state index in [0.29, 0.717) is 38.2 Å². The molecule has 0 aliphatic rings. The van der Waals surface area contributed by atoms with Crippen molar-refractivity contribution in [3.63, 3.8) is 0 Å². The van der Waals surface area contributed by atoms with Crippen molar-refractivity contribution in [2.75, 3.05) is 12.3 Å². The van der Waals surface area contributed by atoms with Crippen molar-refractivity contribution in [1.82, 2.24) is 20.1 Å². The van der Waals surface area contributed by atoms with Crippen LogP contribution >= 0.6 is 46.3 Å². The maximum Gasteiger partial charge on any atom is 0.216 e. The average molecular weight is 455 g/mol. The van der Waals surface area contributed by atoms with Crippen LogP contribution in [-0.2, 0) is 11.2 Å². The van der Waals surface area contributed by atoms with Crippen LogP contribution in [0.3, 0.4) is 0 Å². The molecule has 0 fully saturated rings. The Morgan fingerprint density at radius 1 is 1.21 bits per heavy atom. The van der Waals surface area contributed by atoms with Gasteiger partial charge in [-0.2, -0.15) is 0 Å². The van der Waals surface area contributed by atoms with Gasteiger partial charge < -0.3 is 5.32 Å². The molecule has 10 heteroatoms. The van der Waals surface area contributed by atoms with Crippen LogP contribution in [-0.4, -0.2) is 38.8 Å². The molecule has 0 atom stereocenters. The number of benzene rings is 1. The number of nitrogens with one attached hydrogen (secondary N) is 1. The van der Waals surface area contributed by atoms with E-state index in [0.717, 1.165) is 5.69 Å². The Morgan fingerprint density at radius 2 is 2.04 bits per heavy atom. The Balaban J connectivity index is 1.82. The summed E-state index contributed by atoms with van der Waals surface area (Å²) < 4.78 is 2.43. The van der Waals surface area contributed by atoms with Crippen molar-refractivity contribution in [1.29, 1.82) is 0 Å². The molecule has 0 radical (unpaired) electrons. The molecule has 3 aromatic rings. The van der Waals surface area contributed by atoms with Crippen LogP contribution in [0.15, 0.2) is 41.6 Å². The molecule has 0 saturated carbocycles. The molecule has 1 amide bonds. The van der Waals surface area contributed by atoms with Crippen molar-refractivity contribution in [3.05, 3.63) is 56.5 Å². The van der Waals surface area contributed by atoms with Crippen LogP contribution in [0.1, 0.15) is 22.4 Å². The summed E-state index contributed by atoms with van der Waals surface area (Å²) in [5.74, 6) is 0.748. The van der Waals surface area contributed by atoms with Crippen molar-refractivity contribution in [2.24, 2.45) is 0 Å². The lowest BCUT2D eigenvalue weighted by Crippen LogP contribution is -2.23. The summed E-state index contributed by atoms with van der Waals surface area (Å²) in [7, 11) is 0. The van der Waals surface area contributed by atoms with Gasteiger partial charge in [0.25, 0.3) is 0 Å². The number of nitrogens with zero attached hydrogens (tertiary/aromatic N) is 3. The molecular formula is C18H16Cl2N4O2S2. The highest BCUT2D eigenvalue weighted by atomic mass is 35.5. The summed E-state index contributed by atoms with van der Waals surface area (Å²) >= 11 is 14.6. The Bertz CT molecular complexity index is 1000. The Hall–Kier alpha value is -1.87. The third kappa shape index (κ3) is 5.35. The number of hydrogen-bond acceptors (Lipinski definition) is 6. The zero-order valence-corrected chi connectivity index (χ0v) is 18.0. The third-order valence-corrected chi connectivity index (χ3v) is 6.11. The Labute approximate surface area is 180 Å². The molecule has 0 aliphatic heterocycles. The summed E-state index contributed by atoms with van der Waals surface area (Å²) in [5, 5.41) is 12.4. The molecule has 1 N–H and O–H groups in total. The fraction of sp³-hybridized carbons (Fsp3) is 0.222. The first-order chi connectivity index (χ1) is 13.4. The molecule has 0 bridgehead atoms. The summed E-state index contributed by atoms with van der Waals surface area (Å²) in [6, 6.07) is 10.7. The SMILES string of the molecule is CC(=O)NCCc1nnc(SCC(=O)c2ccc(Cl)s2)n1-c1cccc(Cl)c1. The molecule has 0 spiro atoms. The summed E-state index contributed by atoms with van der Waals surface area (Å²) in [6.07, 6.45) is 0.494. The fourth-order valence-electron chi connectivity index (χ4n) is 2.45. The van der Waals surface area contributed by atoms with Crippen molar-refractivity contribution in [2.45, 2.75) is 18.5 Å². The van der Waals surface area contributed by atoms with E-state index in [1.807, 2.05) is 16.7 Å². The number of thioether (sulfide) groups is 1. The second-order valence-corrected chi connectivity index (χ2v) is 8.86. The highest BCUT2D eigenvalue weighted by Gasteiger charge is 2.17. The number of ketones is 1. The maximum atomic E-state index is 12.4. The first-order valence-electron chi connectivity index (χ1n) is 8.30. The minimum Gasteiger partial charge on any atom is -0.356 e. The minimum absolute atomic E-state index is 0.0256. The standard InChI is InChI=1S/C18H16Cl2N4O2S2/c1-11(25)21-8-7-17-22-23-18(24(17)13-4-2-3-12(19)9-13)27-10-14(26)15-5-6-16(20)28-15/h2-6,9H,7-8,10H2,1H3,(H,21,25). The third-order valence-electron chi connectivity index (χ3n) is 3.67. The summed E-state index contributed by atoms with van der Waals surface area (Å²) in [5.41, 5.74) is 0.796. The predicted octanol–water partition coefficient (Wildman–Crippen LogP) is 4.29. The number of rotatable bonds is 8. The van der Waals surface area contributed by atoms with Gasteiger partial charge in [0, 0.05) is 24.9 Å². The summed E-state index contributed by atoms with van der Waals surface area (Å²) in [6.45, 7) is 1.90. The predicted molar refractivity (Wildman–Crippen MR) is 113 cm³/mol. The molecule has 2 heterocycles. The number of halogens is 2. The van der Waals surface area contributed by atoms with Gasteiger partial charge in [-0.05, 0) is 30.3 Å². The highest BCUT2D eigenvalue weighted by molar-refractivity contribution is 7.99. The van der Waals surface area contributed by atoms with E-state index in [9.17, 15) is 9.59 Å². The number of hydrogen-bond donors (Lipinski definition) is 1. The second kappa shape index (κ2) is 9.56. The molecule has 146 valence electrons. The smallest absolute Gasteiger partial charge is 0.216 e. The van der Waals surface area contributed by atoms with Crippen LogP contribution in [0.5, 0.6) is 0 Å². The van der Waals surface area contributed by atoms with Crippen LogP contribution in [0.25, 0.3) is 5.69 Å². The normalized spacial score (nSPS) is 10.8. The Kier molecular flexibility index (Phi) is 7.12. The first kappa shape index (κ1) is 20.9. The van der Waals surface area contributed by atoms with E-state index in [2.05, 4.69) is 15.5 Å². The molecule has 0 aliphatic carbocycles. The van der Waals surface area contributed by atoms with Gasteiger partial charge in [0.15, 0.2) is 10.9 Å². The average Bonchev–Trinajstić information content (AvgIpc) is 3.26. The molecule has 6 nitrogen and oxygen atoms in total. The van der Waals surface area contributed by atoms with Gasteiger partial charge in [-0.15, -0.1) is 21.5 Å². The second-order valence-electron chi connectivity index (χ2n) is 5.76. The number of amides is 1. The van der Waals surface area contributed by atoms with Gasteiger partial charge >= 0.3 is 0 Å². The topological polar surface area (TPSA) is 76.9 Å². The van der Waals surface area contributed by atoms with Crippen molar-refractivity contribution < 1.29 is 9.59 Å². The fourth-order valence-corrected chi connectivity index (χ4v) is 4.56. The monoisotopic (exact) mass is 454 g/mol. The highest BCUT2D eigenvalue weighted by Crippen LogP contribution is 2.27. The number of carbonyl (C=O) groups excluding carboxylic acids is 2. The van der Waals surface area contributed by atoms with Gasteiger partial charge in [-0.25, -0.2) is 0 Å². The molecular weight excluding hydrogens is 439 g/mol. The van der Waals surface area contributed by atoms with E-state index < -0.39 is 0 Å². The van der Waals surface area contributed by atoms with E-state index in [1.54, 1.807) is 24.3 Å². The molecule has 28 heavy (non-hydrogen) atoms. The van der Waals surface area contributed by atoms with Gasteiger partial charge in [0.1, 0.15) is 5.82 Å². The summed E-state index contributed by atoms with van der Waals surface area (Å²) in [4.78, 5) is 24.1. The van der Waals surface area contributed by atoms with E-state index in [-0.39, 0.29) is 17.4 Å². The number of thiophene rings is 1. The molecule has 3 rings (SSSR count). The van der Waals surface area contributed by atoms with Gasteiger partial charge in [0.2, 0.25) is 5.91 Å². The lowest BCUT2D eigenvalue weighted by atomic mass is 10.3. The van der Waals surface area contributed by atoms with Crippen molar-refractivity contribution >= 4 is 58.0 Å². The van der Waals surface area contributed by atoms with Crippen LogP contribution in [0.4, 0.5) is 0 Å². The van der Waals surface area contributed by atoms with Crippen molar-refractivity contribution in [3.8, 4) is 5.69 Å². The van der Waals surface area contributed by atoms with E-state index in [4.69, 9.17) is 23.2 Å². The zero-order valence-electron chi connectivity index (χ0n) is 14.8. The number of Topliss-reactive ketones (excluding diaryl/α,β-unsaturated/α-hetero) is 1. The largest absolute Gasteiger partial charge is 0.356 e. The molecule has 0 unspecified atom stereocenters. The van der Waals surface area contributed by atoms with E-state index >= 15 is 0 Å². The van der Waals surface area contributed by atoms with Gasteiger partial charge in [-0.1, -0.05) is 41.0 Å². The molecule has 1 aromatic carbocycles. The lowest BCUT2D eigenvalue weighted by molar-refractivity contribution is -0.118. The Morgan fingerprint density at radius 3 is 2.71 bits per heavy atom. The quantitative estimate of drug-likeness (QED) is 0.405. The minimum atomic E-state index is -0.108. The van der Waals surface area contributed by atoms with E-state index in [1.165, 1.54) is 30.0 Å². The van der Waals surface area contributed by atoms with Gasteiger partial charge in [-0.3, -0.25) is 14.2 Å². The zero-order chi connectivity index (χ0) is 20.1.